The van der Waals surface area contributed by atoms with Gasteiger partial charge < -0.3 is 14.6 Å². The number of aromatic nitrogens is 1. The molecule has 1 saturated heterocycles. The Morgan fingerprint density at radius 1 is 1.38 bits per heavy atom. The van der Waals surface area contributed by atoms with Crippen molar-refractivity contribution in [1.82, 2.24) is 10.5 Å². The Labute approximate surface area is 76.2 Å². The van der Waals surface area contributed by atoms with Crippen molar-refractivity contribution >= 4 is 0 Å². The Bertz CT molecular complexity index is 315. The molecule has 2 aliphatic heterocycles. The molecule has 0 aromatic carbocycles. The third-order valence-corrected chi connectivity index (χ3v) is 2.72. The fraction of sp³-hybridized carbons (Fsp3) is 0.667. The zero-order chi connectivity index (χ0) is 8.67. The highest BCUT2D eigenvalue weighted by molar-refractivity contribution is 5.28. The molecule has 0 bridgehead atoms. The number of rotatable bonds is 1. The molecule has 1 aromatic rings. The largest absolute Gasteiger partial charge is 0.370 e. The second-order valence-corrected chi connectivity index (χ2v) is 3.58. The molecule has 0 aliphatic carbocycles. The summed E-state index contributed by atoms with van der Waals surface area (Å²) in [6.45, 7) is 2.58. The minimum absolute atomic E-state index is 0.163. The van der Waals surface area contributed by atoms with E-state index in [1.165, 1.54) is 5.56 Å². The molecule has 4 heteroatoms. The fourth-order valence-corrected chi connectivity index (χ4v) is 2.03. The van der Waals surface area contributed by atoms with E-state index in [4.69, 9.17) is 9.26 Å². The van der Waals surface area contributed by atoms with E-state index in [1.54, 1.807) is 0 Å². The van der Waals surface area contributed by atoms with E-state index >= 15 is 0 Å². The molecule has 1 aromatic heterocycles. The highest BCUT2D eigenvalue weighted by Gasteiger charge is 2.29. The molecule has 70 valence electrons. The van der Waals surface area contributed by atoms with Gasteiger partial charge in [0, 0.05) is 25.3 Å². The van der Waals surface area contributed by atoms with Crippen LogP contribution in [-0.2, 0) is 17.8 Å². The van der Waals surface area contributed by atoms with E-state index in [1.807, 2.05) is 0 Å². The summed E-state index contributed by atoms with van der Waals surface area (Å²) in [7, 11) is 0. The van der Waals surface area contributed by atoms with Gasteiger partial charge in [-0.1, -0.05) is 5.16 Å². The first-order valence-electron chi connectivity index (χ1n) is 4.75. The molecule has 0 amide bonds. The number of ether oxygens (including phenoxy) is 1. The lowest BCUT2D eigenvalue weighted by Gasteiger charge is -2.05. The highest BCUT2D eigenvalue weighted by atomic mass is 16.5. The lowest BCUT2D eigenvalue weighted by Crippen LogP contribution is -2.04. The molecule has 2 aliphatic rings. The summed E-state index contributed by atoms with van der Waals surface area (Å²) in [5.41, 5.74) is 2.29. The molecule has 3 heterocycles. The van der Waals surface area contributed by atoms with Gasteiger partial charge in [-0.05, 0) is 12.8 Å². The Morgan fingerprint density at radius 2 is 2.38 bits per heavy atom. The molecule has 13 heavy (non-hydrogen) atoms. The molecular weight excluding hydrogens is 168 g/mol. The molecule has 1 unspecified atom stereocenters. The third-order valence-electron chi connectivity index (χ3n) is 2.72. The maximum Gasteiger partial charge on any atom is 0.170 e. The van der Waals surface area contributed by atoms with Crippen LogP contribution in [0.5, 0.6) is 0 Å². The Kier molecular flexibility index (Phi) is 1.63. The van der Waals surface area contributed by atoms with Gasteiger partial charge in [-0.15, -0.1) is 0 Å². The molecule has 1 fully saturated rings. The monoisotopic (exact) mass is 180 g/mol. The van der Waals surface area contributed by atoms with Crippen molar-refractivity contribution < 1.29 is 9.26 Å². The van der Waals surface area contributed by atoms with Gasteiger partial charge in [0.05, 0.1) is 0 Å². The van der Waals surface area contributed by atoms with E-state index in [2.05, 4.69) is 10.5 Å². The van der Waals surface area contributed by atoms with Gasteiger partial charge in [0.2, 0.25) is 0 Å². The number of hydrogen-bond donors (Lipinski definition) is 1. The molecule has 1 N–H and O–H groups in total. The van der Waals surface area contributed by atoms with Crippen LogP contribution in [0.2, 0.25) is 0 Å². The average molecular weight is 180 g/mol. The number of hydrogen-bond acceptors (Lipinski definition) is 4. The maximum atomic E-state index is 5.56. The first-order valence-corrected chi connectivity index (χ1v) is 4.75. The van der Waals surface area contributed by atoms with E-state index in [-0.39, 0.29) is 6.10 Å². The first kappa shape index (κ1) is 7.53. The Balaban J connectivity index is 1.95. The van der Waals surface area contributed by atoms with Gasteiger partial charge in [-0.2, -0.15) is 0 Å². The van der Waals surface area contributed by atoms with Gasteiger partial charge in [0.25, 0.3) is 0 Å². The van der Waals surface area contributed by atoms with Crippen LogP contribution < -0.4 is 5.32 Å². The van der Waals surface area contributed by atoms with Crippen LogP contribution in [0.4, 0.5) is 0 Å². The summed E-state index contributed by atoms with van der Waals surface area (Å²) in [4.78, 5) is 0. The molecule has 1 atom stereocenters. The van der Waals surface area contributed by atoms with Gasteiger partial charge in [0.1, 0.15) is 11.8 Å². The van der Waals surface area contributed by atoms with E-state index < -0.39 is 0 Å². The van der Waals surface area contributed by atoms with Crippen molar-refractivity contribution in [1.29, 1.82) is 0 Å². The smallest absolute Gasteiger partial charge is 0.170 e. The molecular formula is C9H12N2O2. The predicted octanol–water partition coefficient (Wildman–Crippen LogP) is 1.13. The summed E-state index contributed by atoms with van der Waals surface area (Å²) in [6, 6.07) is 0. The molecule has 4 nitrogen and oxygen atoms in total. The fourth-order valence-electron chi connectivity index (χ4n) is 2.03. The van der Waals surface area contributed by atoms with Gasteiger partial charge in [-0.3, -0.25) is 0 Å². The number of nitrogens with one attached hydrogen (secondary N) is 1. The van der Waals surface area contributed by atoms with Crippen LogP contribution in [0.3, 0.4) is 0 Å². The topological polar surface area (TPSA) is 47.3 Å². The van der Waals surface area contributed by atoms with Gasteiger partial charge >= 0.3 is 0 Å². The van der Waals surface area contributed by atoms with Crippen LogP contribution in [0.25, 0.3) is 0 Å². The Morgan fingerprint density at radius 3 is 3.23 bits per heavy atom. The minimum Gasteiger partial charge on any atom is -0.370 e. The lowest BCUT2D eigenvalue weighted by molar-refractivity contribution is 0.0865. The van der Waals surface area contributed by atoms with E-state index in [9.17, 15) is 0 Å². The molecule has 0 saturated carbocycles. The summed E-state index contributed by atoms with van der Waals surface area (Å²) < 4.78 is 10.9. The summed E-state index contributed by atoms with van der Waals surface area (Å²) in [5, 5.41) is 7.28. The number of fused-ring (bicyclic) bond motifs is 1. The van der Waals surface area contributed by atoms with Crippen LogP contribution in [-0.4, -0.2) is 11.8 Å². The Hall–Kier alpha value is -0.870. The standard InChI is InChI=1S/C9H12N2O2/c1-2-8(12-3-1)9-6-4-10-5-7(6)11-13-9/h8,10H,1-5H2. The van der Waals surface area contributed by atoms with Crippen LogP contribution >= 0.6 is 0 Å². The molecule has 0 spiro atoms. The van der Waals surface area contributed by atoms with Crippen molar-refractivity contribution in [2.24, 2.45) is 0 Å². The van der Waals surface area contributed by atoms with Gasteiger partial charge in [0.15, 0.2) is 5.76 Å². The zero-order valence-corrected chi connectivity index (χ0v) is 7.38. The van der Waals surface area contributed by atoms with Crippen molar-refractivity contribution in [2.75, 3.05) is 6.61 Å². The summed E-state index contributed by atoms with van der Waals surface area (Å²) >= 11 is 0. The summed E-state index contributed by atoms with van der Waals surface area (Å²) in [6.07, 6.45) is 2.37. The normalized spacial score (nSPS) is 26.6. The maximum absolute atomic E-state index is 5.56. The lowest BCUT2D eigenvalue weighted by atomic mass is 10.1. The second kappa shape index (κ2) is 2.82. The van der Waals surface area contributed by atoms with Crippen LogP contribution in [0.15, 0.2) is 4.52 Å². The van der Waals surface area contributed by atoms with Crippen LogP contribution in [0.1, 0.15) is 36.0 Å². The van der Waals surface area contributed by atoms with Crippen molar-refractivity contribution in [3.8, 4) is 0 Å². The minimum atomic E-state index is 0.163. The van der Waals surface area contributed by atoms with Crippen LogP contribution in [0, 0.1) is 0 Å². The highest BCUT2D eigenvalue weighted by Crippen LogP contribution is 2.33. The van der Waals surface area contributed by atoms with Crippen molar-refractivity contribution in [3.63, 3.8) is 0 Å². The SMILES string of the molecule is C1COC(c2onc3c2CNC3)C1. The quantitative estimate of drug-likeness (QED) is 0.703. The first-order chi connectivity index (χ1) is 6.45. The van der Waals surface area contributed by atoms with E-state index in [0.717, 1.165) is 44.0 Å². The van der Waals surface area contributed by atoms with Crippen molar-refractivity contribution in [3.05, 3.63) is 17.0 Å². The second-order valence-electron chi connectivity index (χ2n) is 3.58. The van der Waals surface area contributed by atoms with Crippen molar-refractivity contribution in [2.45, 2.75) is 32.0 Å². The predicted molar refractivity (Wildman–Crippen MR) is 45.0 cm³/mol. The van der Waals surface area contributed by atoms with Gasteiger partial charge in [-0.25, -0.2) is 0 Å². The zero-order valence-electron chi connectivity index (χ0n) is 7.38. The molecule has 0 radical (unpaired) electrons. The third kappa shape index (κ3) is 1.09. The summed E-state index contributed by atoms with van der Waals surface area (Å²) in [5.74, 6) is 0.956. The number of nitrogens with zero attached hydrogens (tertiary/aromatic N) is 1. The molecule has 3 rings (SSSR count). The van der Waals surface area contributed by atoms with E-state index in [0.29, 0.717) is 0 Å². The average Bonchev–Trinajstić information content (AvgIpc) is 2.79.